The number of nitrogens with zero attached hydrogens (tertiary/aromatic N) is 3. The summed E-state index contributed by atoms with van der Waals surface area (Å²) in [6.45, 7) is 7.84. The molecule has 2 amide bonds. The summed E-state index contributed by atoms with van der Waals surface area (Å²) in [6.07, 6.45) is 3.19. The minimum atomic E-state index is -0.504. The SMILES string of the molecule is CCc1nn(C)cc1N1C(=O)C(CC(C)C)NC(=O)C1C. The van der Waals surface area contributed by atoms with Crippen LogP contribution in [0.1, 0.15) is 39.8 Å². The number of aromatic nitrogens is 2. The van der Waals surface area contributed by atoms with Gasteiger partial charge in [0.2, 0.25) is 11.8 Å². The zero-order valence-corrected chi connectivity index (χ0v) is 13.4. The van der Waals surface area contributed by atoms with E-state index in [0.29, 0.717) is 12.3 Å². The molecule has 0 saturated carbocycles. The van der Waals surface area contributed by atoms with E-state index < -0.39 is 12.1 Å². The molecule has 0 aliphatic carbocycles. The van der Waals surface area contributed by atoms with Crippen molar-refractivity contribution in [3.63, 3.8) is 0 Å². The van der Waals surface area contributed by atoms with E-state index in [9.17, 15) is 9.59 Å². The number of hydrogen-bond acceptors (Lipinski definition) is 3. The largest absolute Gasteiger partial charge is 0.342 e. The predicted molar refractivity (Wildman–Crippen MR) is 80.9 cm³/mol. The van der Waals surface area contributed by atoms with Crippen LogP contribution in [-0.2, 0) is 23.1 Å². The number of aryl methyl sites for hydroxylation is 2. The first-order valence-electron chi connectivity index (χ1n) is 7.51. The molecule has 21 heavy (non-hydrogen) atoms. The number of nitrogens with one attached hydrogen (secondary N) is 1. The van der Waals surface area contributed by atoms with Gasteiger partial charge in [-0.2, -0.15) is 5.10 Å². The van der Waals surface area contributed by atoms with Gasteiger partial charge in [0.1, 0.15) is 12.1 Å². The van der Waals surface area contributed by atoms with Crippen molar-refractivity contribution in [1.82, 2.24) is 15.1 Å². The lowest BCUT2D eigenvalue weighted by molar-refractivity contribution is -0.133. The minimum absolute atomic E-state index is 0.0431. The summed E-state index contributed by atoms with van der Waals surface area (Å²) in [5.74, 6) is 0.193. The fourth-order valence-corrected chi connectivity index (χ4v) is 2.76. The van der Waals surface area contributed by atoms with E-state index in [4.69, 9.17) is 0 Å². The molecule has 0 aromatic carbocycles. The molecule has 1 aromatic rings. The average molecular weight is 292 g/mol. The number of anilines is 1. The van der Waals surface area contributed by atoms with E-state index in [1.807, 2.05) is 34.0 Å². The highest BCUT2D eigenvalue weighted by molar-refractivity contribution is 6.08. The second-order valence-electron chi connectivity index (χ2n) is 6.06. The summed E-state index contributed by atoms with van der Waals surface area (Å²) in [4.78, 5) is 26.6. The van der Waals surface area contributed by atoms with Crippen LogP contribution in [0.4, 0.5) is 5.69 Å². The molecular weight excluding hydrogens is 268 g/mol. The molecule has 116 valence electrons. The Morgan fingerprint density at radius 2 is 2.05 bits per heavy atom. The summed E-state index contributed by atoms with van der Waals surface area (Å²) in [7, 11) is 1.83. The van der Waals surface area contributed by atoms with Gasteiger partial charge >= 0.3 is 0 Å². The Balaban J connectivity index is 2.38. The van der Waals surface area contributed by atoms with E-state index >= 15 is 0 Å². The molecule has 2 unspecified atom stereocenters. The van der Waals surface area contributed by atoms with Gasteiger partial charge in [0, 0.05) is 13.2 Å². The van der Waals surface area contributed by atoms with Crippen LogP contribution in [-0.4, -0.2) is 33.7 Å². The van der Waals surface area contributed by atoms with Gasteiger partial charge in [0.05, 0.1) is 11.4 Å². The first-order valence-corrected chi connectivity index (χ1v) is 7.51. The Morgan fingerprint density at radius 1 is 1.38 bits per heavy atom. The zero-order chi connectivity index (χ0) is 15.7. The summed E-state index contributed by atoms with van der Waals surface area (Å²) in [6, 6.07) is -0.950. The first-order chi connectivity index (χ1) is 9.85. The molecule has 1 fully saturated rings. The molecular formula is C15H24N4O2. The highest BCUT2D eigenvalue weighted by Crippen LogP contribution is 2.26. The van der Waals surface area contributed by atoms with Crippen LogP contribution in [0.3, 0.4) is 0 Å². The first kappa shape index (κ1) is 15.5. The Kier molecular flexibility index (Phi) is 4.34. The molecule has 0 radical (unpaired) electrons. The number of hydrogen-bond donors (Lipinski definition) is 1. The number of rotatable bonds is 4. The predicted octanol–water partition coefficient (Wildman–Crippen LogP) is 1.25. The van der Waals surface area contributed by atoms with Gasteiger partial charge < -0.3 is 5.32 Å². The Labute approximate surface area is 125 Å². The maximum Gasteiger partial charge on any atom is 0.250 e. The van der Waals surface area contributed by atoms with Crippen molar-refractivity contribution < 1.29 is 9.59 Å². The van der Waals surface area contributed by atoms with Crippen LogP contribution in [0.15, 0.2) is 6.20 Å². The smallest absolute Gasteiger partial charge is 0.250 e. The third kappa shape index (κ3) is 2.94. The maximum absolute atomic E-state index is 12.8. The molecule has 1 N–H and O–H groups in total. The van der Waals surface area contributed by atoms with Crippen LogP contribution >= 0.6 is 0 Å². The summed E-state index contributed by atoms with van der Waals surface area (Å²) < 4.78 is 1.69. The van der Waals surface area contributed by atoms with Crippen molar-refractivity contribution in [2.75, 3.05) is 4.90 Å². The van der Waals surface area contributed by atoms with Crippen LogP contribution < -0.4 is 10.2 Å². The van der Waals surface area contributed by atoms with Crippen LogP contribution in [0, 0.1) is 5.92 Å². The standard InChI is InChI=1S/C15H24N4O2/c1-6-11-13(8-18(5)17-11)19-10(4)14(20)16-12(15(19)21)7-9(2)3/h8-10,12H,6-7H2,1-5H3,(H,16,20). The molecule has 1 aromatic heterocycles. The normalized spacial score (nSPS) is 22.9. The number of piperazine rings is 1. The maximum atomic E-state index is 12.8. The molecule has 1 aliphatic heterocycles. The van der Waals surface area contributed by atoms with Crippen molar-refractivity contribution >= 4 is 17.5 Å². The Morgan fingerprint density at radius 3 is 2.62 bits per heavy atom. The molecule has 6 nitrogen and oxygen atoms in total. The van der Waals surface area contributed by atoms with Gasteiger partial charge in [-0.15, -0.1) is 0 Å². The monoisotopic (exact) mass is 292 g/mol. The fourth-order valence-electron chi connectivity index (χ4n) is 2.76. The van der Waals surface area contributed by atoms with Crippen molar-refractivity contribution in [3.8, 4) is 0 Å². The summed E-state index contributed by atoms with van der Waals surface area (Å²) in [5, 5.41) is 7.21. The third-order valence-electron chi connectivity index (χ3n) is 3.80. The van der Waals surface area contributed by atoms with Gasteiger partial charge in [0.15, 0.2) is 0 Å². The molecule has 0 bridgehead atoms. The molecule has 6 heteroatoms. The third-order valence-corrected chi connectivity index (χ3v) is 3.80. The molecule has 2 atom stereocenters. The number of carbonyl (C=O) groups is 2. The average Bonchev–Trinajstić information content (AvgIpc) is 2.77. The van der Waals surface area contributed by atoms with Crippen LogP contribution in [0.2, 0.25) is 0 Å². The van der Waals surface area contributed by atoms with Gasteiger partial charge in [0.25, 0.3) is 0 Å². The summed E-state index contributed by atoms with van der Waals surface area (Å²) >= 11 is 0. The minimum Gasteiger partial charge on any atom is -0.342 e. The lowest BCUT2D eigenvalue weighted by Crippen LogP contribution is -2.63. The number of carbonyl (C=O) groups excluding carboxylic acids is 2. The van der Waals surface area contributed by atoms with Gasteiger partial charge in [-0.1, -0.05) is 20.8 Å². The highest BCUT2D eigenvalue weighted by atomic mass is 16.2. The van der Waals surface area contributed by atoms with E-state index in [2.05, 4.69) is 10.4 Å². The lowest BCUT2D eigenvalue weighted by atomic mass is 9.98. The van der Waals surface area contributed by atoms with Crippen LogP contribution in [0.25, 0.3) is 0 Å². The van der Waals surface area contributed by atoms with Gasteiger partial charge in [-0.05, 0) is 25.7 Å². The fraction of sp³-hybridized carbons (Fsp3) is 0.667. The molecule has 0 spiro atoms. The Bertz CT molecular complexity index is 550. The topological polar surface area (TPSA) is 67.2 Å². The quantitative estimate of drug-likeness (QED) is 0.908. The second kappa shape index (κ2) is 5.87. The molecule has 2 rings (SSSR count). The Hall–Kier alpha value is -1.85. The lowest BCUT2D eigenvalue weighted by Gasteiger charge is -2.37. The van der Waals surface area contributed by atoms with E-state index in [1.54, 1.807) is 16.5 Å². The van der Waals surface area contributed by atoms with Crippen molar-refractivity contribution in [2.24, 2.45) is 13.0 Å². The van der Waals surface area contributed by atoms with Gasteiger partial charge in [-0.25, -0.2) is 0 Å². The van der Waals surface area contributed by atoms with Crippen LogP contribution in [0.5, 0.6) is 0 Å². The zero-order valence-electron chi connectivity index (χ0n) is 13.4. The van der Waals surface area contributed by atoms with E-state index in [-0.39, 0.29) is 11.8 Å². The van der Waals surface area contributed by atoms with E-state index in [0.717, 1.165) is 17.8 Å². The number of amides is 2. The van der Waals surface area contributed by atoms with Gasteiger partial charge in [-0.3, -0.25) is 19.2 Å². The molecule has 1 saturated heterocycles. The molecule has 1 aliphatic rings. The molecule has 2 heterocycles. The second-order valence-corrected chi connectivity index (χ2v) is 6.06. The van der Waals surface area contributed by atoms with Crippen molar-refractivity contribution in [1.29, 1.82) is 0 Å². The van der Waals surface area contributed by atoms with E-state index in [1.165, 1.54) is 0 Å². The summed E-state index contributed by atoms with van der Waals surface area (Å²) in [5.41, 5.74) is 1.59. The van der Waals surface area contributed by atoms with Crippen molar-refractivity contribution in [2.45, 2.75) is 52.6 Å². The highest BCUT2D eigenvalue weighted by Gasteiger charge is 2.40. The van der Waals surface area contributed by atoms with Crippen molar-refractivity contribution in [3.05, 3.63) is 11.9 Å².